The molecule has 1 rings (SSSR count). The third-order valence-corrected chi connectivity index (χ3v) is 3.20. The van der Waals surface area contributed by atoms with Crippen LogP contribution in [0.4, 0.5) is 0 Å². The van der Waals surface area contributed by atoms with Gasteiger partial charge in [-0.05, 0) is 32.9 Å². The highest BCUT2D eigenvalue weighted by atomic mass is 32.1. The lowest BCUT2D eigenvalue weighted by atomic mass is 10.1. The monoisotopic (exact) mass is 213 g/mol. The van der Waals surface area contributed by atoms with Crippen LogP contribution in [-0.2, 0) is 11.3 Å². The van der Waals surface area contributed by atoms with E-state index in [9.17, 15) is 0 Å². The van der Waals surface area contributed by atoms with Crippen LogP contribution >= 0.6 is 11.3 Å². The fraction of sp³-hybridized carbons (Fsp3) is 0.636. The van der Waals surface area contributed by atoms with Gasteiger partial charge in [0.25, 0.3) is 0 Å². The van der Waals surface area contributed by atoms with Crippen LogP contribution in [0.15, 0.2) is 12.1 Å². The summed E-state index contributed by atoms with van der Waals surface area (Å²) >= 11 is 1.84. The van der Waals surface area contributed by atoms with Gasteiger partial charge in [0.05, 0.1) is 5.60 Å². The first-order valence-electron chi connectivity index (χ1n) is 4.85. The van der Waals surface area contributed by atoms with E-state index in [1.165, 1.54) is 9.75 Å². The largest absolute Gasteiger partial charge is 0.377 e. The molecule has 0 fully saturated rings. The van der Waals surface area contributed by atoms with Gasteiger partial charge in [0.15, 0.2) is 0 Å². The zero-order valence-electron chi connectivity index (χ0n) is 9.39. The van der Waals surface area contributed by atoms with Gasteiger partial charge in [-0.3, -0.25) is 0 Å². The van der Waals surface area contributed by atoms with Crippen molar-refractivity contribution in [3.05, 3.63) is 21.9 Å². The number of nitrogens with one attached hydrogen (secondary N) is 1. The predicted molar refractivity (Wildman–Crippen MR) is 61.9 cm³/mol. The van der Waals surface area contributed by atoms with Gasteiger partial charge in [-0.15, -0.1) is 11.3 Å². The maximum absolute atomic E-state index is 5.32. The maximum Gasteiger partial charge on any atom is 0.0746 e. The van der Waals surface area contributed by atoms with Crippen LogP contribution < -0.4 is 5.32 Å². The summed E-state index contributed by atoms with van der Waals surface area (Å²) < 4.78 is 5.32. The second kappa shape index (κ2) is 4.91. The van der Waals surface area contributed by atoms with E-state index in [2.05, 4.69) is 38.2 Å². The van der Waals surface area contributed by atoms with Crippen LogP contribution in [0.2, 0.25) is 0 Å². The van der Waals surface area contributed by atoms with Gasteiger partial charge in [-0.1, -0.05) is 0 Å². The number of aryl methyl sites for hydroxylation is 1. The molecule has 0 unspecified atom stereocenters. The molecule has 0 spiro atoms. The van der Waals surface area contributed by atoms with Gasteiger partial charge in [0.1, 0.15) is 0 Å². The molecule has 0 aliphatic carbocycles. The smallest absolute Gasteiger partial charge is 0.0746 e. The molecule has 1 aromatic rings. The predicted octanol–water partition coefficient (Wildman–Crippen LogP) is 2.57. The van der Waals surface area contributed by atoms with E-state index in [4.69, 9.17) is 4.74 Å². The van der Waals surface area contributed by atoms with Crippen LogP contribution in [0, 0.1) is 6.92 Å². The van der Waals surface area contributed by atoms with Crippen LogP contribution in [-0.4, -0.2) is 19.3 Å². The van der Waals surface area contributed by atoms with Crippen molar-refractivity contribution < 1.29 is 4.74 Å². The maximum atomic E-state index is 5.32. The number of methoxy groups -OCH3 is 1. The Balaban J connectivity index is 2.28. The van der Waals surface area contributed by atoms with Crippen molar-refractivity contribution in [1.82, 2.24) is 5.32 Å². The standard InChI is InChI=1S/C11H19NOS/c1-9-5-6-10(14-9)7-12-8-11(2,3)13-4/h5-6,12H,7-8H2,1-4H3. The number of hydrogen-bond donors (Lipinski definition) is 1. The Morgan fingerprint density at radius 3 is 2.64 bits per heavy atom. The molecule has 0 atom stereocenters. The van der Waals surface area contributed by atoms with Crippen molar-refractivity contribution >= 4 is 11.3 Å². The first-order valence-corrected chi connectivity index (χ1v) is 5.66. The molecule has 0 aliphatic rings. The zero-order chi connectivity index (χ0) is 10.6. The highest BCUT2D eigenvalue weighted by molar-refractivity contribution is 7.11. The summed E-state index contributed by atoms with van der Waals surface area (Å²) in [5.74, 6) is 0. The Hall–Kier alpha value is -0.380. The molecular weight excluding hydrogens is 194 g/mol. The third kappa shape index (κ3) is 3.78. The molecule has 1 N–H and O–H groups in total. The Morgan fingerprint density at radius 2 is 2.14 bits per heavy atom. The molecule has 2 nitrogen and oxygen atoms in total. The number of hydrogen-bond acceptors (Lipinski definition) is 3. The SMILES string of the molecule is COC(C)(C)CNCc1ccc(C)s1. The van der Waals surface area contributed by atoms with Crippen molar-refractivity contribution in [2.75, 3.05) is 13.7 Å². The summed E-state index contributed by atoms with van der Waals surface area (Å²) in [6.45, 7) is 8.11. The quantitative estimate of drug-likeness (QED) is 0.811. The van der Waals surface area contributed by atoms with Gasteiger partial charge < -0.3 is 10.1 Å². The summed E-state index contributed by atoms with van der Waals surface area (Å²) in [6.07, 6.45) is 0. The normalized spacial score (nSPS) is 12.0. The van der Waals surface area contributed by atoms with Crippen LogP contribution in [0.1, 0.15) is 23.6 Å². The Kier molecular flexibility index (Phi) is 4.11. The van der Waals surface area contributed by atoms with Crippen LogP contribution in [0.3, 0.4) is 0 Å². The van der Waals surface area contributed by atoms with E-state index < -0.39 is 0 Å². The minimum Gasteiger partial charge on any atom is -0.377 e. The lowest BCUT2D eigenvalue weighted by Crippen LogP contribution is -2.36. The van der Waals surface area contributed by atoms with E-state index in [0.717, 1.165) is 13.1 Å². The van der Waals surface area contributed by atoms with Gasteiger partial charge in [-0.25, -0.2) is 0 Å². The molecular formula is C11H19NOS. The molecule has 0 aromatic carbocycles. The van der Waals surface area contributed by atoms with Crippen LogP contribution in [0.25, 0.3) is 0 Å². The summed E-state index contributed by atoms with van der Waals surface area (Å²) in [5, 5.41) is 3.39. The Bertz CT molecular complexity index is 281. The van der Waals surface area contributed by atoms with Gasteiger partial charge >= 0.3 is 0 Å². The van der Waals surface area contributed by atoms with Crippen molar-refractivity contribution in [2.45, 2.75) is 32.9 Å². The fourth-order valence-corrected chi connectivity index (χ4v) is 2.00. The average molecular weight is 213 g/mol. The van der Waals surface area contributed by atoms with Gasteiger partial charge in [0, 0.05) is 30.0 Å². The van der Waals surface area contributed by atoms with Crippen molar-refractivity contribution in [3.63, 3.8) is 0 Å². The highest BCUT2D eigenvalue weighted by Gasteiger charge is 2.14. The minimum absolute atomic E-state index is 0.0771. The molecule has 80 valence electrons. The van der Waals surface area contributed by atoms with Crippen LogP contribution in [0.5, 0.6) is 0 Å². The second-order valence-corrected chi connectivity index (χ2v) is 5.45. The fourth-order valence-electron chi connectivity index (χ4n) is 1.14. The lowest BCUT2D eigenvalue weighted by molar-refractivity contribution is 0.0231. The summed E-state index contributed by atoms with van der Waals surface area (Å²) in [6, 6.07) is 4.33. The van der Waals surface area contributed by atoms with E-state index in [1.54, 1.807) is 7.11 Å². The molecule has 0 radical (unpaired) electrons. The van der Waals surface area contributed by atoms with Crippen molar-refractivity contribution in [2.24, 2.45) is 0 Å². The Labute approximate surface area is 90.3 Å². The first kappa shape index (κ1) is 11.7. The molecule has 0 aliphatic heterocycles. The topological polar surface area (TPSA) is 21.3 Å². The molecule has 0 saturated carbocycles. The van der Waals surface area contributed by atoms with E-state index in [0.29, 0.717) is 0 Å². The highest BCUT2D eigenvalue weighted by Crippen LogP contribution is 2.14. The number of ether oxygens (including phenoxy) is 1. The van der Waals surface area contributed by atoms with Gasteiger partial charge in [0.2, 0.25) is 0 Å². The average Bonchev–Trinajstić information content (AvgIpc) is 2.51. The van der Waals surface area contributed by atoms with E-state index in [1.807, 2.05) is 11.3 Å². The molecule has 0 amide bonds. The van der Waals surface area contributed by atoms with E-state index in [-0.39, 0.29) is 5.60 Å². The Morgan fingerprint density at radius 1 is 1.43 bits per heavy atom. The molecule has 0 saturated heterocycles. The lowest BCUT2D eigenvalue weighted by Gasteiger charge is -2.22. The summed E-state index contributed by atoms with van der Waals surface area (Å²) in [5.41, 5.74) is -0.0771. The van der Waals surface area contributed by atoms with Crippen molar-refractivity contribution in [1.29, 1.82) is 0 Å². The molecule has 0 bridgehead atoms. The minimum atomic E-state index is -0.0771. The first-order chi connectivity index (χ1) is 6.53. The molecule has 3 heteroatoms. The van der Waals surface area contributed by atoms with Gasteiger partial charge in [-0.2, -0.15) is 0 Å². The third-order valence-electron chi connectivity index (χ3n) is 2.20. The molecule has 1 aromatic heterocycles. The molecule has 1 heterocycles. The summed E-state index contributed by atoms with van der Waals surface area (Å²) in [7, 11) is 1.75. The number of thiophene rings is 1. The number of rotatable bonds is 5. The van der Waals surface area contributed by atoms with Crippen molar-refractivity contribution in [3.8, 4) is 0 Å². The molecule has 14 heavy (non-hydrogen) atoms. The zero-order valence-corrected chi connectivity index (χ0v) is 10.2. The summed E-state index contributed by atoms with van der Waals surface area (Å²) in [4.78, 5) is 2.75. The second-order valence-electron chi connectivity index (χ2n) is 4.08. The van der Waals surface area contributed by atoms with E-state index >= 15 is 0 Å².